The standard InChI is InChI=1S/C23H29N3O4/c1-18(27)21-5-3-4-6-22(21)24-23(28)17-26-13-11-25(12-14-26)15-16-30-20-9-7-19(29-2)8-10-20/h3-10H,11-17H2,1-2H3,(H,24,28)/p+2. The number of rotatable bonds is 9. The van der Waals surface area contributed by atoms with Crippen LogP contribution in [-0.4, -0.2) is 64.7 Å². The first-order chi connectivity index (χ1) is 14.5. The second kappa shape index (κ2) is 10.8. The molecule has 2 aromatic rings. The third-order valence-corrected chi connectivity index (χ3v) is 5.44. The van der Waals surface area contributed by atoms with Gasteiger partial charge in [-0.3, -0.25) is 9.59 Å². The molecule has 3 N–H and O–H groups in total. The minimum Gasteiger partial charge on any atom is -0.497 e. The Hall–Kier alpha value is -2.90. The maximum absolute atomic E-state index is 12.4. The quantitative estimate of drug-likeness (QED) is 0.494. The third-order valence-electron chi connectivity index (χ3n) is 5.44. The van der Waals surface area contributed by atoms with Gasteiger partial charge in [0.2, 0.25) is 0 Å². The highest BCUT2D eigenvalue weighted by atomic mass is 16.5. The molecule has 1 heterocycles. The van der Waals surface area contributed by atoms with Crippen molar-refractivity contribution in [3.63, 3.8) is 0 Å². The summed E-state index contributed by atoms with van der Waals surface area (Å²) in [6.07, 6.45) is 0. The van der Waals surface area contributed by atoms with Gasteiger partial charge in [0.05, 0.1) is 12.8 Å². The lowest BCUT2D eigenvalue weighted by Crippen LogP contribution is -3.28. The summed E-state index contributed by atoms with van der Waals surface area (Å²) in [4.78, 5) is 26.9. The van der Waals surface area contributed by atoms with Crippen molar-refractivity contribution in [3.05, 3.63) is 54.1 Å². The molecule has 1 amide bonds. The average molecular weight is 414 g/mol. The highest BCUT2D eigenvalue weighted by molar-refractivity contribution is 6.03. The Balaban J connectivity index is 1.37. The second-order valence-corrected chi connectivity index (χ2v) is 7.60. The molecule has 0 spiro atoms. The molecule has 7 nitrogen and oxygen atoms in total. The van der Waals surface area contributed by atoms with Crippen LogP contribution in [0.4, 0.5) is 5.69 Å². The third kappa shape index (κ3) is 6.30. The number of quaternary nitrogens is 2. The number of hydrogen-bond acceptors (Lipinski definition) is 4. The van der Waals surface area contributed by atoms with Crippen LogP contribution in [0, 0.1) is 0 Å². The van der Waals surface area contributed by atoms with E-state index >= 15 is 0 Å². The molecule has 0 aliphatic carbocycles. The predicted molar refractivity (Wildman–Crippen MR) is 115 cm³/mol. The molecule has 1 fully saturated rings. The molecular formula is C23H31N3O4+2. The number of para-hydroxylation sites is 1. The van der Waals surface area contributed by atoms with E-state index in [1.54, 1.807) is 25.3 Å². The van der Waals surface area contributed by atoms with Crippen LogP contribution in [0.25, 0.3) is 0 Å². The number of amides is 1. The van der Waals surface area contributed by atoms with E-state index in [1.165, 1.54) is 16.7 Å². The highest BCUT2D eigenvalue weighted by Gasteiger charge is 2.25. The van der Waals surface area contributed by atoms with Crippen LogP contribution in [0.5, 0.6) is 11.5 Å². The summed E-state index contributed by atoms with van der Waals surface area (Å²) in [5, 5.41) is 2.89. The number of anilines is 1. The SMILES string of the molecule is COc1ccc(OCC[NH+]2CC[NH+](CC(=O)Nc3ccccc3C(C)=O)CC2)cc1. The van der Waals surface area contributed by atoms with Gasteiger partial charge in [-0.15, -0.1) is 0 Å². The van der Waals surface area contributed by atoms with Crippen molar-refractivity contribution in [2.24, 2.45) is 0 Å². The summed E-state index contributed by atoms with van der Waals surface area (Å²) >= 11 is 0. The molecule has 0 radical (unpaired) electrons. The summed E-state index contributed by atoms with van der Waals surface area (Å²) in [6.45, 7) is 7.45. The zero-order chi connectivity index (χ0) is 21.3. The number of benzene rings is 2. The molecule has 1 aliphatic heterocycles. The molecule has 1 aliphatic rings. The van der Waals surface area contributed by atoms with Crippen molar-refractivity contribution < 1.29 is 28.9 Å². The number of carbonyl (C=O) groups excluding carboxylic acids is 2. The lowest BCUT2D eigenvalue weighted by molar-refractivity contribution is -1.01. The first-order valence-electron chi connectivity index (χ1n) is 10.4. The molecule has 0 saturated carbocycles. The summed E-state index contributed by atoms with van der Waals surface area (Å²) in [5.74, 6) is 1.57. The van der Waals surface area contributed by atoms with Crippen LogP contribution in [0.2, 0.25) is 0 Å². The van der Waals surface area contributed by atoms with E-state index in [0.29, 0.717) is 24.4 Å². The molecule has 0 aromatic heterocycles. The van der Waals surface area contributed by atoms with Crippen molar-refractivity contribution in [1.82, 2.24) is 0 Å². The van der Waals surface area contributed by atoms with Gasteiger partial charge in [-0.05, 0) is 43.3 Å². The van der Waals surface area contributed by atoms with Gasteiger partial charge in [-0.25, -0.2) is 0 Å². The van der Waals surface area contributed by atoms with Crippen LogP contribution < -0.4 is 24.6 Å². The number of piperazine rings is 1. The fraction of sp³-hybridized carbons (Fsp3) is 0.391. The fourth-order valence-corrected chi connectivity index (χ4v) is 3.69. The fourth-order valence-electron chi connectivity index (χ4n) is 3.69. The molecule has 0 bridgehead atoms. The van der Waals surface area contributed by atoms with E-state index < -0.39 is 0 Å². The summed E-state index contributed by atoms with van der Waals surface area (Å²) < 4.78 is 11.0. The van der Waals surface area contributed by atoms with Crippen LogP contribution in [-0.2, 0) is 4.79 Å². The zero-order valence-electron chi connectivity index (χ0n) is 17.7. The number of nitrogens with one attached hydrogen (secondary N) is 3. The van der Waals surface area contributed by atoms with Gasteiger partial charge in [-0.2, -0.15) is 0 Å². The Bertz CT molecular complexity index is 846. The lowest BCUT2D eigenvalue weighted by atomic mass is 10.1. The van der Waals surface area contributed by atoms with E-state index in [9.17, 15) is 9.59 Å². The van der Waals surface area contributed by atoms with Crippen molar-refractivity contribution in [2.75, 3.05) is 58.3 Å². The van der Waals surface area contributed by atoms with Gasteiger partial charge in [0, 0.05) is 5.56 Å². The van der Waals surface area contributed by atoms with Crippen LogP contribution >= 0.6 is 0 Å². The van der Waals surface area contributed by atoms with Crippen LogP contribution in [0.1, 0.15) is 17.3 Å². The minimum atomic E-state index is -0.0509. The molecule has 7 heteroatoms. The predicted octanol–water partition coefficient (Wildman–Crippen LogP) is -0.301. The Morgan fingerprint density at radius 3 is 2.23 bits per heavy atom. The van der Waals surface area contributed by atoms with E-state index in [2.05, 4.69) is 5.32 Å². The normalized spacial score (nSPS) is 18.5. The maximum Gasteiger partial charge on any atom is 0.279 e. The van der Waals surface area contributed by atoms with Crippen molar-refractivity contribution in [1.29, 1.82) is 0 Å². The van der Waals surface area contributed by atoms with Gasteiger partial charge < -0.3 is 24.6 Å². The Morgan fingerprint density at radius 1 is 0.933 bits per heavy atom. The molecule has 0 unspecified atom stereocenters. The number of carbonyl (C=O) groups is 2. The summed E-state index contributed by atoms with van der Waals surface area (Å²) in [7, 11) is 1.65. The maximum atomic E-state index is 12.4. The van der Waals surface area contributed by atoms with Crippen molar-refractivity contribution >= 4 is 17.4 Å². The van der Waals surface area contributed by atoms with E-state index in [0.717, 1.165) is 44.2 Å². The van der Waals surface area contributed by atoms with E-state index in [1.807, 2.05) is 30.3 Å². The Kier molecular flexibility index (Phi) is 7.82. The number of ether oxygens (including phenoxy) is 2. The minimum absolute atomic E-state index is 0.0488. The molecule has 160 valence electrons. The molecule has 0 atom stereocenters. The lowest BCUT2D eigenvalue weighted by Gasteiger charge is -2.29. The molecule has 2 aromatic carbocycles. The second-order valence-electron chi connectivity index (χ2n) is 7.60. The van der Waals surface area contributed by atoms with Gasteiger partial charge in [0.15, 0.2) is 12.3 Å². The first-order valence-corrected chi connectivity index (χ1v) is 10.4. The number of Topliss-reactive ketones (excluding diaryl/α,β-unsaturated/α-hetero) is 1. The smallest absolute Gasteiger partial charge is 0.279 e. The van der Waals surface area contributed by atoms with E-state index in [4.69, 9.17) is 9.47 Å². The van der Waals surface area contributed by atoms with Gasteiger partial charge in [-0.1, -0.05) is 12.1 Å². The van der Waals surface area contributed by atoms with Gasteiger partial charge >= 0.3 is 0 Å². The molecular weight excluding hydrogens is 382 g/mol. The number of ketones is 1. The van der Waals surface area contributed by atoms with E-state index in [-0.39, 0.29) is 11.7 Å². The average Bonchev–Trinajstić information content (AvgIpc) is 2.75. The molecule has 30 heavy (non-hydrogen) atoms. The molecule has 1 saturated heterocycles. The number of methoxy groups -OCH3 is 1. The van der Waals surface area contributed by atoms with Crippen LogP contribution in [0.3, 0.4) is 0 Å². The Labute approximate surface area is 177 Å². The summed E-state index contributed by atoms with van der Waals surface area (Å²) in [5.41, 5.74) is 1.14. The first kappa shape index (κ1) is 21.8. The summed E-state index contributed by atoms with van der Waals surface area (Å²) in [6, 6.07) is 14.8. The largest absolute Gasteiger partial charge is 0.497 e. The van der Waals surface area contributed by atoms with Crippen LogP contribution in [0.15, 0.2) is 48.5 Å². The monoisotopic (exact) mass is 413 g/mol. The van der Waals surface area contributed by atoms with Gasteiger partial charge in [0.1, 0.15) is 50.8 Å². The van der Waals surface area contributed by atoms with Crippen molar-refractivity contribution in [2.45, 2.75) is 6.92 Å². The number of hydrogen-bond donors (Lipinski definition) is 3. The zero-order valence-corrected chi connectivity index (χ0v) is 17.7. The Morgan fingerprint density at radius 2 is 1.57 bits per heavy atom. The van der Waals surface area contributed by atoms with Gasteiger partial charge in [0.25, 0.3) is 5.91 Å². The highest BCUT2D eigenvalue weighted by Crippen LogP contribution is 2.16. The topological polar surface area (TPSA) is 73.5 Å². The molecule has 3 rings (SSSR count). The van der Waals surface area contributed by atoms with Crippen molar-refractivity contribution in [3.8, 4) is 11.5 Å².